The van der Waals surface area contributed by atoms with E-state index in [1.165, 1.54) is 0 Å². The summed E-state index contributed by atoms with van der Waals surface area (Å²) in [6.07, 6.45) is 0. The second-order valence-electron chi connectivity index (χ2n) is 6.61. The molecular formula is C23H24ClN2O2+. The van der Waals surface area contributed by atoms with Gasteiger partial charge >= 0.3 is 0 Å². The van der Waals surface area contributed by atoms with E-state index in [9.17, 15) is 4.79 Å². The van der Waals surface area contributed by atoms with Gasteiger partial charge in [0, 0.05) is 16.1 Å². The van der Waals surface area contributed by atoms with Crippen LogP contribution in [0.3, 0.4) is 0 Å². The summed E-state index contributed by atoms with van der Waals surface area (Å²) in [4.78, 5) is 12.8. The van der Waals surface area contributed by atoms with Gasteiger partial charge < -0.3 is 15.4 Å². The number of carbonyl (C=O) groups is 1. The molecule has 0 saturated heterocycles. The highest BCUT2D eigenvalue weighted by Crippen LogP contribution is 2.27. The van der Waals surface area contributed by atoms with Crippen LogP contribution in [-0.4, -0.2) is 19.1 Å². The summed E-state index contributed by atoms with van der Waals surface area (Å²) in [5, 5.41) is 5.54. The van der Waals surface area contributed by atoms with Crippen molar-refractivity contribution in [3.8, 4) is 5.75 Å². The molecule has 1 atom stereocenters. The third-order valence-electron chi connectivity index (χ3n) is 4.63. The zero-order chi connectivity index (χ0) is 19.9. The Morgan fingerprint density at radius 1 is 0.964 bits per heavy atom. The lowest BCUT2D eigenvalue weighted by molar-refractivity contribution is -0.704. The third kappa shape index (κ3) is 4.91. The van der Waals surface area contributed by atoms with Gasteiger partial charge in [0.2, 0.25) is 0 Å². The van der Waals surface area contributed by atoms with E-state index in [1.807, 2.05) is 43.3 Å². The Hall–Kier alpha value is -2.82. The van der Waals surface area contributed by atoms with Gasteiger partial charge in [-0.15, -0.1) is 0 Å². The van der Waals surface area contributed by atoms with E-state index in [-0.39, 0.29) is 18.0 Å². The van der Waals surface area contributed by atoms with E-state index in [4.69, 9.17) is 16.3 Å². The van der Waals surface area contributed by atoms with Crippen LogP contribution in [0.1, 0.15) is 24.1 Å². The topological polar surface area (TPSA) is 54.9 Å². The monoisotopic (exact) mass is 395 g/mol. The molecule has 144 valence electrons. The largest absolute Gasteiger partial charge is 0.495 e. The van der Waals surface area contributed by atoms with Crippen molar-refractivity contribution >= 4 is 23.2 Å². The molecule has 0 aliphatic heterocycles. The number of quaternary nitrogens is 1. The number of methoxy groups -OCH3 is 1. The van der Waals surface area contributed by atoms with Crippen molar-refractivity contribution in [2.45, 2.75) is 19.0 Å². The van der Waals surface area contributed by atoms with Crippen LogP contribution in [0.25, 0.3) is 0 Å². The lowest BCUT2D eigenvalue weighted by Gasteiger charge is -2.21. The first-order valence-electron chi connectivity index (χ1n) is 9.17. The van der Waals surface area contributed by atoms with Gasteiger partial charge in [-0.25, -0.2) is 0 Å². The van der Waals surface area contributed by atoms with Gasteiger partial charge in [-0.3, -0.25) is 4.79 Å². The first kappa shape index (κ1) is 19.9. The zero-order valence-electron chi connectivity index (χ0n) is 15.9. The lowest BCUT2D eigenvalue weighted by Crippen LogP contribution is -2.92. The van der Waals surface area contributed by atoms with Crippen LogP contribution in [0.15, 0.2) is 78.9 Å². The van der Waals surface area contributed by atoms with Gasteiger partial charge in [0.25, 0.3) is 5.91 Å². The van der Waals surface area contributed by atoms with Crippen molar-refractivity contribution in [3.63, 3.8) is 0 Å². The molecule has 3 rings (SSSR count). The molecule has 3 aromatic rings. The maximum Gasteiger partial charge on any atom is 0.282 e. The third-order valence-corrected chi connectivity index (χ3v) is 4.87. The SMILES string of the molecule is COc1ccc(Cl)cc1NC(=O)[C@@H](C)[NH2+]C(c1ccccc1)c1ccccc1. The number of hydrogen-bond donors (Lipinski definition) is 2. The van der Waals surface area contributed by atoms with Gasteiger partial charge in [-0.05, 0) is 25.1 Å². The number of hydrogen-bond acceptors (Lipinski definition) is 2. The number of ether oxygens (including phenoxy) is 1. The number of nitrogens with two attached hydrogens (primary N) is 1. The number of amides is 1. The summed E-state index contributed by atoms with van der Waals surface area (Å²) in [6.45, 7) is 1.89. The Morgan fingerprint density at radius 2 is 1.54 bits per heavy atom. The fourth-order valence-corrected chi connectivity index (χ4v) is 3.31. The molecule has 0 spiro atoms. The quantitative estimate of drug-likeness (QED) is 0.634. The fraction of sp³-hybridized carbons (Fsp3) is 0.174. The molecule has 0 bridgehead atoms. The van der Waals surface area contributed by atoms with Crippen molar-refractivity contribution < 1.29 is 14.8 Å². The molecule has 0 heterocycles. The highest BCUT2D eigenvalue weighted by molar-refractivity contribution is 6.31. The summed E-state index contributed by atoms with van der Waals surface area (Å²) >= 11 is 6.07. The van der Waals surface area contributed by atoms with Crippen molar-refractivity contribution in [3.05, 3.63) is 95.0 Å². The van der Waals surface area contributed by atoms with E-state index in [0.717, 1.165) is 11.1 Å². The van der Waals surface area contributed by atoms with Gasteiger partial charge in [-0.2, -0.15) is 0 Å². The highest BCUT2D eigenvalue weighted by atomic mass is 35.5. The summed E-state index contributed by atoms with van der Waals surface area (Å²) < 4.78 is 5.32. The summed E-state index contributed by atoms with van der Waals surface area (Å²) in [5.74, 6) is 0.463. The lowest BCUT2D eigenvalue weighted by atomic mass is 9.98. The predicted molar refractivity (Wildman–Crippen MR) is 113 cm³/mol. The molecule has 4 nitrogen and oxygen atoms in total. The second kappa shape index (κ2) is 9.40. The smallest absolute Gasteiger partial charge is 0.282 e. The predicted octanol–water partition coefficient (Wildman–Crippen LogP) is 4.03. The molecule has 0 fully saturated rings. The van der Waals surface area contributed by atoms with Crippen LogP contribution in [-0.2, 0) is 4.79 Å². The van der Waals surface area contributed by atoms with Gasteiger partial charge in [0.05, 0.1) is 12.8 Å². The Kier molecular flexibility index (Phi) is 6.69. The maximum atomic E-state index is 12.8. The van der Waals surface area contributed by atoms with Gasteiger partial charge in [0.1, 0.15) is 11.8 Å². The van der Waals surface area contributed by atoms with Crippen LogP contribution >= 0.6 is 11.6 Å². The van der Waals surface area contributed by atoms with E-state index >= 15 is 0 Å². The van der Waals surface area contributed by atoms with Crippen molar-refractivity contribution in [2.24, 2.45) is 0 Å². The average Bonchev–Trinajstić information content (AvgIpc) is 2.73. The van der Waals surface area contributed by atoms with Crippen molar-refractivity contribution in [2.75, 3.05) is 12.4 Å². The Balaban J connectivity index is 1.79. The van der Waals surface area contributed by atoms with Crippen LogP contribution in [0.4, 0.5) is 5.69 Å². The number of benzene rings is 3. The Bertz CT molecular complexity index is 877. The normalized spacial score (nSPS) is 11.9. The molecular weight excluding hydrogens is 372 g/mol. The molecule has 0 saturated carbocycles. The molecule has 0 unspecified atom stereocenters. The molecule has 3 N–H and O–H groups in total. The van der Waals surface area contributed by atoms with E-state index in [1.54, 1.807) is 25.3 Å². The van der Waals surface area contributed by atoms with Gasteiger partial charge in [0.15, 0.2) is 6.04 Å². The molecule has 0 aliphatic carbocycles. The molecule has 28 heavy (non-hydrogen) atoms. The average molecular weight is 396 g/mol. The molecule has 3 aromatic carbocycles. The first-order chi connectivity index (χ1) is 13.6. The minimum absolute atomic E-state index is 0.0180. The number of nitrogens with one attached hydrogen (secondary N) is 1. The number of halogens is 1. The van der Waals surface area contributed by atoms with Crippen LogP contribution < -0.4 is 15.4 Å². The van der Waals surface area contributed by atoms with E-state index < -0.39 is 0 Å². The summed E-state index contributed by atoms with van der Waals surface area (Å²) in [5.41, 5.74) is 2.86. The standard InChI is InChI=1S/C23H23ClN2O2/c1-16(23(27)26-20-15-19(24)13-14-21(20)28-2)25-22(17-9-5-3-6-10-17)18-11-7-4-8-12-18/h3-16,22,25H,1-2H3,(H,26,27)/p+1/t16-/m1/s1. The van der Waals surface area contributed by atoms with Gasteiger partial charge in [-0.1, -0.05) is 72.3 Å². The van der Waals surface area contributed by atoms with Crippen molar-refractivity contribution in [1.82, 2.24) is 0 Å². The van der Waals surface area contributed by atoms with E-state index in [2.05, 4.69) is 34.9 Å². The van der Waals surface area contributed by atoms with Crippen LogP contribution in [0, 0.1) is 0 Å². The van der Waals surface area contributed by atoms with Crippen LogP contribution in [0.5, 0.6) is 5.75 Å². The maximum absolute atomic E-state index is 12.8. The van der Waals surface area contributed by atoms with Crippen LogP contribution in [0.2, 0.25) is 5.02 Å². The van der Waals surface area contributed by atoms with E-state index in [0.29, 0.717) is 16.5 Å². The summed E-state index contributed by atoms with van der Waals surface area (Å²) in [6, 6.07) is 25.2. The molecule has 0 aromatic heterocycles. The first-order valence-corrected chi connectivity index (χ1v) is 9.55. The molecule has 5 heteroatoms. The second-order valence-corrected chi connectivity index (χ2v) is 7.05. The minimum Gasteiger partial charge on any atom is -0.495 e. The molecule has 1 amide bonds. The molecule has 0 radical (unpaired) electrons. The molecule has 0 aliphatic rings. The summed E-state index contributed by atoms with van der Waals surface area (Å²) in [7, 11) is 1.56. The number of anilines is 1. The minimum atomic E-state index is -0.325. The number of carbonyl (C=O) groups excluding carboxylic acids is 1. The number of rotatable bonds is 7. The highest BCUT2D eigenvalue weighted by Gasteiger charge is 2.25. The Labute approximate surface area is 170 Å². The Morgan fingerprint density at radius 3 is 2.07 bits per heavy atom. The zero-order valence-corrected chi connectivity index (χ0v) is 16.7. The van der Waals surface area contributed by atoms with Crippen molar-refractivity contribution in [1.29, 1.82) is 0 Å². The fourth-order valence-electron chi connectivity index (χ4n) is 3.14.